The first-order valence-electron chi connectivity index (χ1n) is 6.84. The predicted octanol–water partition coefficient (Wildman–Crippen LogP) is 2.24. The fourth-order valence-electron chi connectivity index (χ4n) is 2.47. The fourth-order valence-corrected chi connectivity index (χ4v) is 2.47. The van der Waals surface area contributed by atoms with Gasteiger partial charge in [-0.3, -0.25) is 14.5 Å². The van der Waals surface area contributed by atoms with Gasteiger partial charge in [0.25, 0.3) is 5.91 Å². The van der Waals surface area contributed by atoms with Crippen molar-refractivity contribution in [2.45, 2.75) is 45.2 Å². The number of benzene rings is 1. The van der Waals surface area contributed by atoms with E-state index in [9.17, 15) is 14.0 Å². The molecule has 5 heteroatoms. The van der Waals surface area contributed by atoms with E-state index in [1.807, 2.05) is 6.92 Å². The molecule has 1 aliphatic heterocycles. The van der Waals surface area contributed by atoms with Gasteiger partial charge in [0.15, 0.2) is 0 Å². The van der Waals surface area contributed by atoms with Gasteiger partial charge in [-0.2, -0.15) is 0 Å². The molecule has 20 heavy (non-hydrogen) atoms. The van der Waals surface area contributed by atoms with Crippen molar-refractivity contribution >= 4 is 17.5 Å². The zero-order valence-corrected chi connectivity index (χ0v) is 11.9. The molecule has 0 aliphatic carbocycles. The molecule has 1 aromatic carbocycles. The second-order valence-corrected chi connectivity index (χ2v) is 5.23. The molecule has 4 nitrogen and oxygen atoms in total. The van der Waals surface area contributed by atoms with E-state index in [0.29, 0.717) is 12.8 Å². The summed E-state index contributed by atoms with van der Waals surface area (Å²) in [4.78, 5) is 26.2. The van der Waals surface area contributed by atoms with Crippen LogP contribution in [0.4, 0.5) is 10.1 Å². The summed E-state index contributed by atoms with van der Waals surface area (Å²) in [5.74, 6) is -0.997. The summed E-state index contributed by atoms with van der Waals surface area (Å²) in [5, 5.41) is 2.76. The molecule has 2 atom stereocenters. The normalized spacial score (nSPS) is 26.6. The summed E-state index contributed by atoms with van der Waals surface area (Å²) in [5.41, 5.74) is -0.815. The van der Waals surface area contributed by atoms with E-state index in [4.69, 9.17) is 0 Å². The molecular formula is C15H19FN2O2. The number of nitrogens with zero attached hydrogens (tertiary/aromatic N) is 1. The van der Waals surface area contributed by atoms with Crippen LogP contribution in [0, 0.1) is 5.82 Å². The van der Waals surface area contributed by atoms with E-state index < -0.39 is 17.4 Å². The number of para-hydroxylation sites is 1. The predicted molar refractivity (Wildman–Crippen MR) is 74.8 cm³/mol. The number of carbonyl (C=O) groups excluding carboxylic acids is 2. The van der Waals surface area contributed by atoms with Gasteiger partial charge in [-0.25, -0.2) is 4.39 Å². The zero-order chi connectivity index (χ0) is 14.9. The van der Waals surface area contributed by atoms with Crippen molar-refractivity contribution in [3.05, 3.63) is 30.1 Å². The smallest absolute Gasteiger partial charge is 0.253 e. The van der Waals surface area contributed by atoms with Crippen molar-refractivity contribution in [3.8, 4) is 0 Å². The lowest BCUT2D eigenvalue weighted by molar-refractivity contribution is -0.138. The third-order valence-electron chi connectivity index (χ3n) is 3.91. The Morgan fingerprint density at radius 2 is 1.95 bits per heavy atom. The van der Waals surface area contributed by atoms with Crippen LogP contribution < -0.4 is 10.2 Å². The Balaban J connectivity index is 2.53. The summed E-state index contributed by atoms with van der Waals surface area (Å²) in [7, 11) is 0. The lowest BCUT2D eigenvalue weighted by Crippen LogP contribution is -2.69. The number of halogens is 1. The van der Waals surface area contributed by atoms with Gasteiger partial charge in [-0.05, 0) is 31.9 Å². The third kappa shape index (κ3) is 2.17. The van der Waals surface area contributed by atoms with Gasteiger partial charge in [0.1, 0.15) is 17.4 Å². The minimum absolute atomic E-state index is 0.166. The number of rotatable bonds is 3. The maximum Gasteiger partial charge on any atom is 0.253 e. The Labute approximate surface area is 118 Å². The molecule has 0 saturated carbocycles. The number of anilines is 1. The van der Waals surface area contributed by atoms with Crippen LogP contribution in [0.1, 0.15) is 33.6 Å². The van der Waals surface area contributed by atoms with E-state index in [2.05, 4.69) is 5.32 Å². The molecule has 0 bridgehead atoms. The SMILES string of the molecule is CCC1C(=O)NC(C)(CC)C(=O)N1c1ccccc1F. The van der Waals surface area contributed by atoms with Crippen LogP contribution in [0.15, 0.2) is 24.3 Å². The Bertz CT molecular complexity index is 546. The van der Waals surface area contributed by atoms with Crippen molar-refractivity contribution in [2.24, 2.45) is 0 Å². The van der Waals surface area contributed by atoms with Gasteiger partial charge >= 0.3 is 0 Å². The van der Waals surface area contributed by atoms with Crippen LogP contribution >= 0.6 is 0 Å². The maximum absolute atomic E-state index is 14.0. The lowest BCUT2D eigenvalue weighted by atomic mass is 9.90. The first kappa shape index (κ1) is 14.5. The molecule has 1 aliphatic rings. The number of hydrogen-bond acceptors (Lipinski definition) is 2. The van der Waals surface area contributed by atoms with Crippen LogP contribution in [-0.4, -0.2) is 23.4 Å². The Morgan fingerprint density at radius 3 is 2.50 bits per heavy atom. The Morgan fingerprint density at radius 1 is 1.30 bits per heavy atom. The van der Waals surface area contributed by atoms with E-state index >= 15 is 0 Å². The summed E-state index contributed by atoms with van der Waals surface area (Å²) >= 11 is 0. The number of amides is 2. The van der Waals surface area contributed by atoms with Gasteiger partial charge in [-0.1, -0.05) is 26.0 Å². The van der Waals surface area contributed by atoms with Crippen LogP contribution in [0.5, 0.6) is 0 Å². The molecule has 0 spiro atoms. The summed E-state index contributed by atoms with van der Waals surface area (Å²) < 4.78 is 14.0. The number of nitrogens with one attached hydrogen (secondary N) is 1. The summed E-state index contributed by atoms with van der Waals surface area (Å²) in [6.45, 7) is 5.30. The second kappa shape index (κ2) is 5.23. The van der Waals surface area contributed by atoms with E-state index in [1.165, 1.54) is 17.0 Å². The number of carbonyl (C=O) groups is 2. The van der Waals surface area contributed by atoms with Crippen molar-refractivity contribution in [2.75, 3.05) is 4.90 Å². The highest BCUT2D eigenvalue weighted by Gasteiger charge is 2.47. The highest BCUT2D eigenvalue weighted by Crippen LogP contribution is 2.30. The molecular weight excluding hydrogens is 259 g/mol. The first-order chi connectivity index (χ1) is 9.44. The van der Waals surface area contributed by atoms with Crippen LogP contribution in [0.2, 0.25) is 0 Å². The largest absolute Gasteiger partial charge is 0.340 e. The molecule has 1 aromatic rings. The quantitative estimate of drug-likeness (QED) is 0.921. The van der Waals surface area contributed by atoms with Gasteiger partial charge in [0, 0.05) is 0 Å². The molecule has 108 valence electrons. The highest BCUT2D eigenvalue weighted by molar-refractivity contribution is 6.10. The van der Waals surface area contributed by atoms with Crippen molar-refractivity contribution in [3.63, 3.8) is 0 Å². The van der Waals surface area contributed by atoms with Gasteiger partial charge in [-0.15, -0.1) is 0 Å². The zero-order valence-electron chi connectivity index (χ0n) is 11.9. The fraction of sp³-hybridized carbons (Fsp3) is 0.467. The summed E-state index contributed by atoms with van der Waals surface area (Å²) in [6.07, 6.45) is 0.894. The van der Waals surface area contributed by atoms with Crippen LogP contribution in [-0.2, 0) is 9.59 Å². The summed E-state index contributed by atoms with van der Waals surface area (Å²) in [6, 6.07) is 5.39. The molecule has 1 saturated heterocycles. The van der Waals surface area contributed by atoms with E-state index in [0.717, 1.165) is 0 Å². The first-order valence-corrected chi connectivity index (χ1v) is 6.84. The minimum atomic E-state index is -0.981. The molecule has 1 N–H and O–H groups in total. The molecule has 0 aromatic heterocycles. The van der Waals surface area contributed by atoms with Crippen molar-refractivity contribution in [1.82, 2.24) is 5.32 Å². The molecule has 2 rings (SSSR count). The van der Waals surface area contributed by atoms with Crippen molar-refractivity contribution in [1.29, 1.82) is 0 Å². The monoisotopic (exact) mass is 278 g/mol. The van der Waals surface area contributed by atoms with Crippen molar-refractivity contribution < 1.29 is 14.0 Å². The molecule has 0 radical (unpaired) electrons. The van der Waals surface area contributed by atoms with E-state index in [-0.39, 0.29) is 17.5 Å². The van der Waals surface area contributed by atoms with Crippen LogP contribution in [0.3, 0.4) is 0 Å². The molecule has 2 unspecified atom stereocenters. The number of piperazine rings is 1. The standard InChI is InChI=1S/C15H19FN2O2/c1-4-11-13(19)17-15(3,5-2)14(20)18(11)12-9-7-6-8-10(12)16/h6-9,11H,4-5H2,1-3H3,(H,17,19). The number of hydrogen-bond donors (Lipinski definition) is 1. The minimum Gasteiger partial charge on any atom is -0.340 e. The Kier molecular flexibility index (Phi) is 3.79. The van der Waals surface area contributed by atoms with E-state index in [1.54, 1.807) is 26.0 Å². The highest BCUT2D eigenvalue weighted by atomic mass is 19.1. The average molecular weight is 278 g/mol. The molecule has 1 heterocycles. The Hall–Kier alpha value is -1.91. The average Bonchev–Trinajstić information content (AvgIpc) is 2.43. The van der Waals surface area contributed by atoms with Gasteiger partial charge in [0.2, 0.25) is 5.91 Å². The lowest BCUT2D eigenvalue weighted by Gasteiger charge is -2.43. The third-order valence-corrected chi connectivity index (χ3v) is 3.91. The van der Waals surface area contributed by atoms with Gasteiger partial charge in [0.05, 0.1) is 5.69 Å². The van der Waals surface area contributed by atoms with Crippen LogP contribution in [0.25, 0.3) is 0 Å². The topological polar surface area (TPSA) is 49.4 Å². The van der Waals surface area contributed by atoms with Gasteiger partial charge < -0.3 is 5.32 Å². The molecule has 2 amide bonds. The molecule has 1 fully saturated rings. The maximum atomic E-state index is 14.0. The second-order valence-electron chi connectivity index (χ2n) is 5.23.